The molecular formula is C17H24O4S. The van der Waals surface area contributed by atoms with Gasteiger partial charge in [0.05, 0.1) is 12.4 Å². The van der Waals surface area contributed by atoms with E-state index in [0.29, 0.717) is 18.8 Å². The lowest BCUT2D eigenvalue weighted by atomic mass is 9.86. The summed E-state index contributed by atoms with van der Waals surface area (Å²) in [7, 11) is 0. The average molecular weight is 324 g/mol. The molecule has 1 aliphatic rings. The average Bonchev–Trinajstić information content (AvgIpc) is 2.50. The Balaban J connectivity index is 2.18. The smallest absolute Gasteiger partial charge is 0.315 e. The van der Waals surface area contributed by atoms with E-state index >= 15 is 0 Å². The predicted molar refractivity (Wildman–Crippen MR) is 89.1 cm³/mol. The van der Waals surface area contributed by atoms with Crippen molar-refractivity contribution >= 4 is 18.6 Å². The number of fused-ring (bicyclic) bond motifs is 1. The molecule has 5 heteroatoms. The molecule has 1 N–H and O–H groups in total. The maximum absolute atomic E-state index is 11.2. The number of hydrogen-bond acceptors (Lipinski definition) is 5. The topological polar surface area (TPSA) is 55.8 Å². The van der Waals surface area contributed by atoms with E-state index < -0.39 is 0 Å². The van der Waals surface area contributed by atoms with E-state index in [1.54, 1.807) is 0 Å². The van der Waals surface area contributed by atoms with Crippen molar-refractivity contribution in [3.05, 3.63) is 22.3 Å². The van der Waals surface area contributed by atoms with E-state index in [4.69, 9.17) is 9.47 Å². The molecule has 0 amide bonds. The van der Waals surface area contributed by atoms with Gasteiger partial charge in [-0.05, 0) is 57.2 Å². The van der Waals surface area contributed by atoms with E-state index in [9.17, 15) is 9.90 Å². The fourth-order valence-electron chi connectivity index (χ4n) is 2.90. The van der Waals surface area contributed by atoms with Crippen LogP contribution in [0.4, 0.5) is 0 Å². The van der Waals surface area contributed by atoms with Gasteiger partial charge in [0.1, 0.15) is 17.1 Å². The van der Waals surface area contributed by atoms with Crippen LogP contribution in [0.25, 0.3) is 0 Å². The van der Waals surface area contributed by atoms with Gasteiger partial charge in [0.25, 0.3) is 0 Å². The highest BCUT2D eigenvalue weighted by Gasteiger charge is 2.34. The van der Waals surface area contributed by atoms with Crippen LogP contribution >= 0.6 is 12.6 Å². The summed E-state index contributed by atoms with van der Waals surface area (Å²) in [6.07, 6.45) is 2.33. The van der Waals surface area contributed by atoms with Crippen molar-refractivity contribution in [1.82, 2.24) is 0 Å². The molecule has 1 aromatic rings. The molecule has 4 nitrogen and oxygen atoms in total. The third-order valence-electron chi connectivity index (χ3n) is 4.62. The highest BCUT2D eigenvalue weighted by molar-refractivity contribution is 7.81. The summed E-state index contributed by atoms with van der Waals surface area (Å²) in [6, 6.07) is 0. The largest absolute Gasteiger partial charge is 0.507 e. The third-order valence-corrected chi connectivity index (χ3v) is 4.87. The first-order valence-corrected chi connectivity index (χ1v) is 8.19. The Morgan fingerprint density at radius 3 is 2.64 bits per heavy atom. The second kappa shape index (κ2) is 6.41. The van der Waals surface area contributed by atoms with Crippen molar-refractivity contribution in [3.63, 3.8) is 0 Å². The predicted octanol–water partition coefficient (Wildman–Crippen LogP) is 3.26. The number of benzene rings is 1. The lowest BCUT2D eigenvalue weighted by Gasteiger charge is -2.37. The highest BCUT2D eigenvalue weighted by Crippen LogP contribution is 2.43. The van der Waals surface area contributed by atoms with Crippen molar-refractivity contribution in [1.29, 1.82) is 0 Å². The van der Waals surface area contributed by atoms with Crippen LogP contribution < -0.4 is 4.74 Å². The molecule has 0 radical (unpaired) electrons. The highest BCUT2D eigenvalue weighted by atomic mass is 32.1. The number of rotatable bonds is 4. The van der Waals surface area contributed by atoms with Crippen LogP contribution in [0.5, 0.6) is 11.5 Å². The molecule has 122 valence electrons. The minimum atomic E-state index is -0.357. The minimum absolute atomic E-state index is 0.0944. The van der Waals surface area contributed by atoms with Gasteiger partial charge in [-0.3, -0.25) is 4.79 Å². The quantitative estimate of drug-likeness (QED) is 0.659. The number of esters is 1. The van der Waals surface area contributed by atoms with Gasteiger partial charge in [-0.25, -0.2) is 0 Å². The van der Waals surface area contributed by atoms with Gasteiger partial charge in [0, 0.05) is 12.0 Å². The number of phenols is 1. The van der Waals surface area contributed by atoms with Crippen molar-refractivity contribution in [2.45, 2.75) is 52.6 Å². The Hall–Kier alpha value is -1.36. The van der Waals surface area contributed by atoms with Crippen LogP contribution in [0.3, 0.4) is 0 Å². The van der Waals surface area contributed by atoms with Gasteiger partial charge in [0.2, 0.25) is 0 Å². The summed E-state index contributed by atoms with van der Waals surface area (Å²) in [6.45, 7) is 8.19. The summed E-state index contributed by atoms with van der Waals surface area (Å²) in [5.74, 6) is 1.03. The van der Waals surface area contributed by atoms with Crippen LogP contribution in [0.2, 0.25) is 0 Å². The van der Waals surface area contributed by atoms with Gasteiger partial charge in [-0.15, -0.1) is 0 Å². The number of carbonyl (C=O) groups excluding carboxylic acids is 1. The zero-order valence-electron chi connectivity index (χ0n) is 13.7. The fraction of sp³-hybridized carbons (Fsp3) is 0.588. The number of ether oxygens (including phenoxy) is 2. The molecule has 0 aliphatic carbocycles. The fourth-order valence-corrected chi connectivity index (χ4v) is 2.99. The number of hydrogen-bond donors (Lipinski definition) is 2. The maximum atomic E-state index is 11.2. The van der Waals surface area contributed by atoms with Crippen LogP contribution in [0, 0.1) is 20.8 Å². The standard InChI is InChI=1S/C17H24O4S/c1-10-11(2)16-13(12(3)15(10)19)5-6-17(4,21-16)7-8-20-14(18)9-22/h19,22H,5-9H2,1-4H3. The van der Waals surface area contributed by atoms with E-state index in [2.05, 4.69) is 12.6 Å². The summed E-state index contributed by atoms with van der Waals surface area (Å²) in [5, 5.41) is 10.2. The molecule has 0 aromatic heterocycles. The summed E-state index contributed by atoms with van der Waals surface area (Å²) in [5.41, 5.74) is 3.48. The van der Waals surface area contributed by atoms with Crippen LogP contribution in [0.15, 0.2) is 0 Å². The van der Waals surface area contributed by atoms with Crippen LogP contribution in [0.1, 0.15) is 42.0 Å². The lowest BCUT2D eigenvalue weighted by molar-refractivity contribution is -0.141. The summed E-state index contributed by atoms with van der Waals surface area (Å²) < 4.78 is 11.4. The molecule has 1 aliphatic heterocycles. The molecule has 1 aromatic carbocycles. The lowest BCUT2D eigenvalue weighted by Crippen LogP contribution is -2.38. The number of phenolic OH excluding ortho intramolecular Hbond substituents is 1. The van der Waals surface area contributed by atoms with Gasteiger partial charge < -0.3 is 14.6 Å². The molecule has 0 bridgehead atoms. The Morgan fingerprint density at radius 1 is 1.32 bits per heavy atom. The third kappa shape index (κ3) is 3.19. The van der Waals surface area contributed by atoms with Gasteiger partial charge in [0.15, 0.2) is 0 Å². The van der Waals surface area contributed by atoms with Crippen molar-refractivity contribution in [2.75, 3.05) is 12.4 Å². The molecule has 0 saturated heterocycles. The van der Waals surface area contributed by atoms with Gasteiger partial charge in [-0.2, -0.15) is 12.6 Å². The molecule has 0 spiro atoms. The van der Waals surface area contributed by atoms with Crippen LogP contribution in [-0.2, 0) is 16.0 Å². The molecule has 0 fully saturated rings. The number of aromatic hydroxyl groups is 1. The normalized spacial score (nSPS) is 20.2. The monoisotopic (exact) mass is 324 g/mol. The van der Waals surface area contributed by atoms with Gasteiger partial charge in [-0.1, -0.05) is 0 Å². The van der Waals surface area contributed by atoms with Crippen LogP contribution in [-0.4, -0.2) is 29.0 Å². The first-order valence-electron chi connectivity index (χ1n) is 7.56. The number of thiol groups is 1. The van der Waals surface area contributed by atoms with E-state index in [-0.39, 0.29) is 17.3 Å². The molecule has 1 unspecified atom stereocenters. The Morgan fingerprint density at radius 2 is 2.00 bits per heavy atom. The Bertz CT molecular complexity index is 597. The van der Waals surface area contributed by atoms with E-state index in [1.165, 1.54) is 0 Å². The minimum Gasteiger partial charge on any atom is -0.507 e. The first kappa shape index (κ1) is 17.0. The Kier molecular flexibility index (Phi) is 4.95. The zero-order chi connectivity index (χ0) is 16.5. The summed E-state index contributed by atoms with van der Waals surface area (Å²) >= 11 is 3.89. The molecular weight excluding hydrogens is 300 g/mol. The van der Waals surface area contributed by atoms with Crippen molar-refractivity contribution < 1.29 is 19.4 Å². The maximum Gasteiger partial charge on any atom is 0.315 e. The molecule has 1 atom stereocenters. The Labute approximate surface area is 137 Å². The molecule has 22 heavy (non-hydrogen) atoms. The SMILES string of the molecule is Cc1c(C)c2c(c(C)c1O)CCC(C)(CCOC(=O)CS)O2. The molecule has 1 heterocycles. The van der Waals surface area contributed by atoms with Crippen molar-refractivity contribution in [2.24, 2.45) is 0 Å². The molecule has 2 rings (SSSR count). The van der Waals surface area contributed by atoms with Crippen molar-refractivity contribution in [3.8, 4) is 11.5 Å². The second-order valence-corrected chi connectivity index (χ2v) is 6.53. The van der Waals surface area contributed by atoms with E-state index in [1.807, 2.05) is 27.7 Å². The van der Waals surface area contributed by atoms with Gasteiger partial charge >= 0.3 is 5.97 Å². The zero-order valence-corrected chi connectivity index (χ0v) is 14.5. The summed E-state index contributed by atoms with van der Waals surface area (Å²) in [4.78, 5) is 11.2. The van der Waals surface area contributed by atoms with E-state index in [0.717, 1.165) is 40.8 Å². The second-order valence-electron chi connectivity index (χ2n) is 6.21. The first-order chi connectivity index (χ1) is 10.3. The molecule has 0 saturated carbocycles. The number of carbonyl (C=O) groups is 1.